The number of benzene rings is 4. The van der Waals surface area contributed by atoms with Crippen LogP contribution < -0.4 is 78.1 Å². The largest absolute Gasteiger partial charge is 1.00 e. The van der Waals surface area contributed by atoms with Crippen LogP contribution in [0.4, 0.5) is 0 Å². The van der Waals surface area contributed by atoms with Crippen molar-refractivity contribution in [3.05, 3.63) is 247 Å². The molecule has 3 aliphatic heterocycles. The number of pyridine rings is 4. The molecule has 1 unspecified atom stereocenters. The number of hydrogen-bond acceptors (Lipinski definition) is 24. The van der Waals surface area contributed by atoms with Crippen LogP contribution in [0.1, 0.15) is 204 Å². The molecule has 3 aliphatic rings. The minimum absolute atomic E-state index is 0. The second kappa shape index (κ2) is 57.8. The molecule has 3 radical (unpaired) electrons. The third-order valence-electron chi connectivity index (χ3n) is 22.1. The summed E-state index contributed by atoms with van der Waals surface area (Å²) in [6.45, 7) is 45.8. The molecule has 0 amide bonds. The molecule has 4 aromatic carbocycles. The fourth-order valence-electron chi connectivity index (χ4n) is 16.0. The fourth-order valence-corrected chi connectivity index (χ4v) is 16.4. The van der Waals surface area contributed by atoms with Crippen molar-refractivity contribution in [2.45, 2.75) is 151 Å². The summed E-state index contributed by atoms with van der Waals surface area (Å²) in [4.78, 5) is 88.0. The van der Waals surface area contributed by atoms with E-state index in [9.17, 15) is 28.8 Å². The molecular formula is C105H135B2BrLiN7NaO22. The summed E-state index contributed by atoms with van der Waals surface area (Å²) in [5, 5.41) is 28.1. The number of hydrogen-bond donors (Lipinski definition) is 4. The van der Waals surface area contributed by atoms with Crippen molar-refractivity contribution in [3.63, 3.8) is 0 Å². The fraction of sp³-hybridized carbons (Fsp3) is 0.381. The van der Waals surface area contributed by atoms with E-state index in [4.69, 9.17) is 72.1 Å². The zero-order chi connectivity index (χ0) is 97.4. The summed E-state index contributed by atoms with van der Waals surface area (Å²) in [7, 11) is 5.10. The Kier molecular flexibility index (Phi) is 50.9. The number of fused-ring (bicyclic) bond motifs is 4. The standard InChI is InChI=1S/C27H34N2O4.C27H32N2O4.C22H23NO4.C14H14BrNO3.C7H9BO3.C4H9NO.C2H4O2.2CH4.B.Li.Na.H2O.H/c2*1-17(2)33-27(30)25-15-23-13-22(21-11-18(3)12-24(14-21)31-6)16-29(23)26(19(25)4)20(5)28-7-9-32-10-8-28;1-6-27-22(25)20-11-18-9-17(12-23(18)21(14(20)3)15(4)24)16-7-13(2)8-19(10-16)26-5;1-4-19-14(18)12-6-11-5-10(15)7-16(11)13(8(12)2)9(3)17;1-11-7-4-2-3-6(5-7)8(9)10;1-3-6-4-2-5-1;1-2(3)4;;;;;;;/h11-17,20H,7-10H2,1-6H3;11-17H,5,7-10H2,1-4,6H3;7-12H,6H2,1-5H3;5-7H,4H2,1-3H3;2-5,9-10H,1H3;5H,1-4H2;1H3,(H,3,4);2*1H4;;;;1H2;/q;;;;;;;;;;2*+1;;-1/p-1. The minimum atomic E-state index is -1.43. The number of nitrogens with zero attached hydrogens (tertiary/aromatic N) is 6. The number of methoxy groups -OCH3 is 4. The monoisotopic (exact) mass is 1980 g/mol. The molecule has 11 heterocycles. The van der Waals surface area contributed by atoms with E-state index < -0.39 is 25.0 Å². The average molecular weight is 1980 g/mol. The Labute approximate surface area is 863 Å². The van der Waals surface area contributed by atoms with Crippen LogP contribution in [0, 0.1) is 48.5 Å². The number of ketones is 2. The number of carboxylic acids is 1. The number of carbonyl (C=O) groups excluding carboxylic acids is 6. The van der Waals surface area contributed by atoms with Crippen molar-refractivity contribution >= 4 is 106 Å². The van der Waals surface area contributed by atoms with Gasteiger partial charge in [-0.15, -0.1) is 0 Å². The third-order valence-corrected chi connectivity index (χ3v) is 22.6. The molecule has 0 bridgehead atoms. The van der Waals surface area contributed by atoms with E-state index >= 15 is 0 Å². The molecule has 5 N–H and O–H groups in total. The normalized spacial score (nSPS) is 12.6. The molecule has 29 nitrogen and oxygen atoms in total. The van der Waals surface area contributed by atoms with E-state index in [1.54, 1.807) is 89.8 Å². The number of aliphatic carboxylic acids is 1. The molecule has 8 aromatic heterocycles. The van der Waals surface area contributed by atoms with Crippen molar-refractivity contribution < 1.29 is 156 Å². The number of halogens is 1. The summed E-state index contributed by atoms with van der Waals surface area (Å²) in [6.07, 6.45) is 7.64. The van der Waals surface area contributed by atoms with E-state index in [1.165, 1.54) is 21.0 Å². The van der Waals surface area contributed by atoms with Crippen LogP contribution in [-0.4, -0.2) is 238 Å². The van der Waals surface area contributed by atoms with E-state index in [0.29, 0.717) is 75.8 Å². The van der Waals surface area contributed by atoms with Gasteiger partial charge in [0.1, 0.15) is 23.0 Å². The summed E-state index contributed by atoms with van der Waals surface area (Å²) in [6, 6.07) is 40.5. The maximum absolute atomic E-state index is 13.0. The van der Waals surface area contributed by atoms with Crippen LogP contribution in [0.2, 0.25) is 0 Å². The molecule has 3 saturated heterocycles. The number of Topliss-reactive ketones (excluding diaryl/α,β-unsaturated/α-hetero) is 2. The van der Waals surface area contributed by atoms with Crippen LogP contribution in [0.25, 0.3) is 61.1 Å². The predicted octanol–water partition coefficient (Wildman–Crippen LogP) is 12.2. The molecule has 3 fully saturated rings. The number of carboxylic acid groups (broad SMARTS) is 1. The molecule has 34 heteroatoms. The molecule has 12 aromatic rings. The van der Waals surface area contributed by atoms with Crippen molar-refractivity contribution in [1.29, 1.82) is 0 Å². The SMILES string of the molecule is C.C.C1COCCN1.C=C(c1c(C)c(C(=O)OC(C)C)cc2cc(-c3cc(C)cc(OC)c3)cn12)N1CCOCC1.CC(=O)O.CCOC(=O)c1cc2cc(-c3cc(C)cc(OC)c3)cn2c(C(C)=O)c1C.CCOC(=O)c1cc2cc(Br)cn2c(C(C)=O)c1C.COc1cc(C)cc(-c2cc3cc(C(=O)OC(C)C)c(C)c(C(C)N4CCOCC4)n3c2)c1.COc1cccc(B(O)O)c1.[B].[H-].[Li+].[Na+].[OH-]. The summed E-state index contributed by atoms with van der Waals surface area (Å²) in [5.74, 6) is 0.606. The van der Waals surface area contributed by atoms with Crippen molar-refractivity contribution in [3.8, 4) is 56.4 Å². The van der Waals surface area contributed by atoms with E-state index in [0.717, 1.165) is 195 Å². The topological polar surface area (TPSA) is 348 Å². The van der Waals surface area contributed by atoms with Gasteiger partial charge in [0.15, 0.2) is 11.6 Å². The smallest absolute Gasteiger partial charge is 1.00 e. The van der Waals surface area contributed by atoms with Crippen LogP contribution in [0.3, 0.4) is 0 Å². The Morgan fingerprint density at radius 2 is 0.813 bits per heavy atom. The molecule has 0 saturated carbocycles. The number of esters is 4. The quantitative estimate of drug-likeness (QED) is 0.0212. The Hall–Kier alpha value is -10.8. The number of aromatic nitrogens is 4. The minimum Gasteiger partial charge on any atom is -1.00 e. The van der Waals surface area contributed by atoms with Gasteiger partial charge in [0, 0.05) is 148 Å². The zero-order valence-corrected chi connectivity index (χ0v) is 86.7. The first-order valence-corrected chi connectivity index (χ1v) is 45.0. The second-order valence-electron chi connectivity index (χ2n) is 32.8. The Bertz CT molecular complexity index is 6160. The maximum atomic E-state index is 13.0. The zero-order valence-electron chi connectivity index (χ0n) is 84.1. The van der Waals surface area contributed by atoms with Crippen LogP contribution >= 0.6 is 15.9 Å². The first-order chi connectivity index (χ1) is 63.3. The van der Waals surface area contributed by atoms with Crippen LogP contribution in [-0.2, 0) is 38.0 Å². The number of morpholine rings is 3. The number of ether oxygens (including phenoxy) is 11. The molecule has 1 atom stereocenters. The van der Waals surface area contributed by atoms with E-state index in [2.05, 4.69) is 110 Å². The number of aryl methyl sites for hydroxylation is 3. The summed E-state index contributed by atoms with van der Waals surface area (Å²) in [5.41, 5.74) is 22.4. The first-order valence-electron chi connectivity index (χ1n) is 44.2. The molecule has 139 heavy (non-hydrogen) atoms. The van der Waals surface area contributed by atoms with Gasteiger partial charge < -0.3 is 102 Å². The van der Waals surface area contributed by atoms with Crippen LogP contribution in [0.5, 0.6) is 23.0 Å². The summed E-state index contributed by atoms with van der Waals surface area (Å²) < 4.78 is 67.5. The van der Waals surface area contributed by atoms with Gasteiger partial charge in [-0.05, 0) is 271 Å². The molecular weight excluding hydrogens is 1840 g/mol. The van der Waals surface area contributed by atoms with Gasteiger partial charge in [-0.3, -0.25) is 19.3 Å². The van der Waals surface area contributed by atoms with E-state index in [-0.39, 0.29) is 127 Å². The summed E-state index contributed by atoms with van der Waals surface area (Å²) >= 11 is 3.38. The first kappa shape index (κ1) is 122. The molecule has 737 valence electrons. The maximum Gasteiger partial charge on any atom is 1.00 e. The van der Waals surface area contributed by atoms with Gasteiger partial charge >= 0.3 is 79.4 Å². The third kappa shape index (κ3) is 32.6. The number of nitrogens with one attached hydrogen (secondary N) is 1. The number of rotatable bonds is 22. The average Bonchev–Trinajstić information content (AvgIpc) is 1.58. The Morgan fingerprint density at radius 3 is 1.17 bits per heavy atom. The van der Waals surface area contributed by atoms with Gasteiger partial charge in [0.25, 0.3) is 5.97 Å². The van der Waals surface area contributed by atoms with Crippen molar-refractivity contribution in [1.82, 2.24) is 32.7 Å². The van der Waals surface area contributed by atoms with Crippen molar-refractivity contribution in [2.24, 2.45) is 0 Å². The van der Waals surface area contributed by atoms with Gasteiger partial charge in [-0.25, -0.2) is 19.2 Å². The van der Waals surface area contributed by atoms with Crippen molar-refractivity contribution in [2.75, 3.05) is 121 Å². The predicted molar refractivity (Wildman–Crippen MR) is 544 cm³/mol. The Morgan fingerprint density at radius 1 is 0.468 bits per heavy atom. The Balaban J connectivity index is 0.000000586. The molecule has 0 aliphatic carbocycles. The second-order valence-corrected chi connectivity index (χ2v) is 33.7. The molecule has 15 rings (SSSR count). The van der Waals surface area contributed by atoms with Gasteiger partial charge in [-0.1, -0.05) is 51.8 Å². The van der Waals surface area contributed by atoms with E-state index in [1.807, 2.05) is 126 Å². The number of carbonyl (C=O) groups is 7. The van der Waals surface area contributed by atoms with Gasteiger partial charge in [-0.2, -0.15) is 0 Å². The molecule has 0 spiro atoms. The van der Waals surface area contributed by atoms with Crippen LogP contribution in [0.15, 0.2) is 163 Å². The van der Waals surface area contributed by atoms with Gasteiger partial charge in [0.2, 0.25) is 0 Å². The van der Waals surface area contributed by atoms with Gasteiger partial charge in [0.05, 0.1) is 139 Å².